The number of carbonyl (C=O) groups excluding carboxylic acids is 1. The number of nitrogens with zero attached hydrogens (tertiary/aromatic N) is 3. The lowest BCUT2D eigenvalue weighted by Crippen LogP contribution is -2.49. The fraction of sp³-hybridized carbons (Fsp3) is 0.789. The minimum atomic E-state index is -0.509. The van der Waals surface area contributed by atoms with Crippen LogP contribution in [0.4, 0.5) is 4.79 Å². The SMILES string of the molecule is CCCCC(CNC(=O)OC(C)(C)C)NC(=NC)NCCCc1nc(C)no1. The van der Waals surface area contributed by atoms with E-state index in [-0.39, 0.29) is 6.04 Å². The van der Waals surface area contributed by atoms with Gasteiger partial charge in [0.2, 0.25) is 5.89 Å². The van der Waals surface area contributed by atoms with Crippen LogP contribution in [-0.4, -0.2) is 54.0 Å². The molecular weight excluding hydrogens is 360 g/mol. The Hall–Kier alpha value is -2.32. The number of rotatable bonds is 10. The van der Waals surface area contributed by atoms with Gasteiger partial charge >= 0.3 is 6.09 Å². The van der Waals surface area contributed by atoms with Crippen LogP contribution in [-0.2, 0) is 11.2 Å². The van der Waals surface area contributed by atoms with Crippen molar-refractivity contribution in [1.29, 1.82) is 0 Å². The molecular formula is C19H36N6O3. The van der Waals surface area contributed by atoms with Crippen LogP contribution in [0.5, 0.6) is 0 Å². The first kappa shape index (κ1) is 23.7. The van der Waals surface area contributed by atoms with Crippen molar-refractivity contribution in [2.45, 2.75) is 78.4 Å². The summed E-state index contributed by atoms with van der Waals surface area (Å²) in [5, 5.41) is 13.3. The molecule has 0 aromatic carbocycles. The van der Waals surface area contributed by atoms with Crippen LogP contribution in [0.2, 0.25) is 0 Å². The summed E-state index contributed by atoms with van der Waals surface area (Å²) in [5.74, 6) is 2.00. The normalized spacial score (nSPS) is 13.1. The highest BCUT2D eigenvalue weighted by Crippen LogP contribution is 2.07. The van der Waals surface area contributed by atoms with Crippen molar-refractivity contribution >= 4 is 12.1 Å². The van der Waals surface area contributed by atoms with Gasteiger partial charge in [0.1, 0.15) is 5.60 Å². The first-order chi connectivity index (χ1) is 13.2. The molecule has 1 aromatic rings. The van der Waals surface area contributed by atoms with Crippen LogP contribution in [0, 0.1) is 6.92 Å². The number of alkyl carbamates (subject to hydrolysis) is 1. The zero-order valence-corrected chi connectivity index (χ0v) is 18.1. The number of aromatic nitrogens is 2. The Morgan fingerprint density at radius 3 is 2.61 bits per heavy atom. The van der Waals surface area contributed by atoms with Gasteiger partial charge in [-0.2, -0.15) is 4.98 Å². The minimum absolute atomic E-state index is 0.0669. The van der Waals surface area contributed by atoms with E-state index in [1.54, 1.807) is 14.0 Å². The predicted molar refractivity (Wildman–Crippen MR) is 109 cm³/mol. The van der Waals surface area contributed by atoms with Crippen LogP contribution in [0.25, 0.3) is 0 Å². The number of guanidine groups is 1. The van der Waals surface area contributed by atoms with Gasteiger partial charge in [-0.1, -0.05) is 24.9 Å². The smallest absolute Gasteiger partial charge is 0.407 e. The third-order valence-corrected chi connectivity index (χ3v) is 3.79. The van der Waals surface area contributed by atoms with Crippen LogP contribution < -0.4 is 16.0 Å². The molecule has 0 saturated carbocycles. The zero-order valence-electron chi connectivity index (χ0n) is 18.1. The van der Waals surface area contributed by atoms with E-state index in [0.29, 0.717) is 30.6 Å². The Morgan fingerprint density at radius 2 is 2.04 bits per heavy atom. The molecule has 28 heavy (non-hydrogen) atoms. The van der Waals surface area contributed by atoms with Crippen molar-refractivity contribution < 1.29 is 14.1 Å². The van der Waals surface area contributed by atoms with Crippen LogP contribution in [0.3, 0.4) is 0 Å². The van der Waals surface area contributed by atoms with Gasteiger partial charge in [-0.15, -0.1) is 0 Å². The molecule has 0 spiro atoms. The second-order valence-electron chi connectivity index (χ2n) is 7.70. The second-order valence-corrected chi connectivity index (χ2v) is 7.70. The highest BCUT2D eigenvalue weighted by Gasteiger charge is 2.18. The van der Waals surface area contributed by atoms with Crippen LogP contribution in [0.1, 0.15) is 65.1 Å². The summed E-state index contributed by atoms with van der Waals surface area (Å²) in [6.45, 7) is 10.7. The largest absolute Gasteiger partial charge is 0.444 e. The number of amides is 1. The number of aliphatic imine (C=N–C) groups is 1. The molecule has 3 N–H and O–H groups in total. The van der Waals surface area contributed by atoms with Gasteiger partial charge in [-0.05, 0) is 40.5 Å². The van der Waals surface area contributed by atoms with E-state index in [0.717, 1.165) is 32.2 Å². The van der Waals surface area contributed by atoms with Crippen molar-refractivity contribution in [1.82, 2.24) is 26.1 Å². The van der Waals surface area contributed by atoms with Gasteiger partial charge in [-0.3, -0.25) is 4.99 Å². The lowest BCUT2D eigenvalue weighted by atomic mass is 10.1. The van der Waals surface area contributed by atoms with E-state index in [9.17, 15) is 4.79 Å². The number of ether oxygens (including phenoxy) is 1. The third-order valence-electron chi connectivity index (χ3n) is 3.79. The van der Waals surface area contributed by atoms with Crippen molar-refractivity contribution in [2.75, 3.05) is 20.1 Å². The highest BCUT2D eigenvalue weighted by atomic mass is 16.6. The maximum Gasteiger partial charge on any atom is 0.407 e. The van der Waals surface area contributed by atoms with Crippen LogP contribution >= 0.6 is 0 Å². The van der Waals surface area contributed by atoms with Gasteiger partial charge < -0.3 is 25.2 Å². The molecule has 160 valence electrons. The number of nitrogens with one attached hydrogen (secondary N) is 3. The molecule has 1 aromatic heterocycles. The molecule has 1 rings (SSSR count). The van der Waals surface area contributed by atoms with E-state index >= 15 is 0 Å². The maximum absolute atomic E-state index is 11.9. The summed E-state index contributed by atoms with van der Waals surface area (Å²) < 4.78 is 10.4. The fourth-order valence-electron chi connectivity index (χ4n) is 2.47. The standard InChI is InChI=1S/C19H36N6O3/c1-7-8-10-15(13-22-18(26)27-19(3,4)5)24-17(20-6)21-12-9-11-16-23-14(2)25-28-16/h15H,7-13H2,1-6H3,(H,22,26)(H2,20,21,24). The average molecular weight is 397 g/mol. The van der Waals surface area contributed by atoms with Gasteiger partial charge in [0.15, 0.2) is 11.8 Å². The molecule has 1 heterocycles. The first-order valence-corrected chi connectivity index (χ1v) is 9.96. The van der Waals surface area contributed by atoms with Gasteiger partial charge in [-0.25, -0.2) is 4.79 Å². The molecule has 0 aliphatic heterocycles. The summed E-state index contributed by atoms with van der Waals surface area (Å²) in [7, 11) is 1.73. The molecule has 1 unspecified atom stereocenters. The summed E-state index contributed by atoms with van der Waals surface area (Å²) >= 11 is 0. The second kappa shape index (κ2) is 12.2. The lowest BCUT2D eigenvalue weighted by molar-refractivity contribution is 0.0523. The maximum atomic E-state index is 11.9. The quantitative estimate of drug-likeness (QED) is 0.316. The number of carbonyl (C=O) groups is 1. The van der Waals surface area contributed by atoms with E-state index in [2.05, 4.69) is 38.0 Å². The Balaban J connectivity index is 2.42. The third kappa shape index (κ3) is 10.7. The molecule has 0 fully saturated rings. The minimum Gasteiger partial charge on any atom is -0.444 e. The van der Waals surface area contributed by atoms with E-state index in [1.165, 1.54) is 0 Å². The lowest BCUT2D eigenvalue weighted by Gasteiger charge is -2.24. The van der Waals surface area contributed by atoms with Crippen molar-refractivity contribution in [3.05, 3.63) is 11.7 Å². The van der Waals surface area contributed by atoms with E-state index in [1.807, 2.05) is 20.8 Å². The Bertz CT molecular complexity index is 609. The zero-order chi connectivity index (χ0) is 21.0. The first-order valence-electron chi connectivity index (χ1n) is 9.96. The Morgan fingerprint density at radius 1 is 1.29 bits per heavy atom. The van der Waals surface area contributed by atoms with Gasteiger partial charge in [0.05, 0.1) is 0 Å². The van der Waals surface area contributed by atoms with Gasteiger partial charge in [0.25, 0.3) is 0 Å². The van der Waals surface area contributed by atoms with Gasteiger partial charge in [0, 0.05) is 32.6 Å². The number of unbranched alkanes of at least 4 members (excludes halogenated alkanes) is 1. The monoisotopic (exact) mass is 396 g/mol. The molecule has 9 nitrogen and oxygen atoms in total. The number of aryl methyl sites for hydroxylation is 2. The molecule has 1 atom stereocenters. The average Bonchev–Trinajstić information content (AvgIpc) is 3.03. The molecule has 0 aliphatic rings. The van der Waals surface area contributed by atoms with Crippen molar-refractivity contribution in [3.8, 4) is 0 Å². The molecule has 0 saturated heterocycles. The van der Waals surface area contributed by atoms with E-state index in [4.69, 9.17) is 9.26 Å². The fourth-order valence-corrected chi connectivity index (χ4v) is 2.47. The Labute approximate surface area is 168 Å². The molecule has 9 heteroatoms. The predicted octanol–water partition coefficient (Wildman–Crippen LogP) is 2.56. The Kier molecular flexibility index (Phi) is 10.3. The molecule has 1 amide bonds. The highest BCUT2D eigenvalue weighted by molar-refractivity contribution is 5.80. The van der Waals surface area contributed by atoms with E-state index < -0.39 is 11.7 Å². The number of hydrogen-bond donors (Lipinski definition) is 3. The number of hydrogen-bond acceptors (Lipinski definition) is 6. The topological polar surface area (TPSA) is 114 Å². The molecule has 0 radical (unpaired) electrons. The summed E-state index contributed by atoms with van der Waals surface area (Å²) in [6.07, 6.45) is 4.21. The van der Waals surface area contributed by atoms with Crippen LogP contribution in [0.15, 0.2) is 9.52 Å². The summed E-state index contributed by atoms with van der Waals surface area (Å²) in [6, 6.07) is 0.0669. The molecule has 0 bridgehead atoms. The van der Waals surface area contributed by atoms with Crippen molar-refractivity contribution in [3.63, 3.8) is 0 Å². The van der Waals surface area contributed by atoms with Crippen molar-refractivity contribution in [2.24, 2.45) is 4.99 Å². The molecule has 0 aliphatic carbocycles. The summed E-state index contributed by atoms with van der Waals surface area (Å²) in [5.41, 5.74) is -0.509. The summed E-state index contributed by atoms with van der Waals surface area (Å²) in [4.78, 5) is 20.4.